The van der Waals surface area contributed by atoms with E-state index in [1.165, 1.54) is 12.8 Å². The molecule has 1 aromatic carbocycles. The summed E-state index contributed by atoms with van der Waals surface area (Å²) in [4.78, 5) is 14.3. The third kappa shape index (κ3) is 2.72. The number of carbonyl (C=O) groups excluding carboxylic acids is 1. The van der Waals surface area contributed by atoms with Gasteiger partial charge < -0.3 is 10.2 Å². The lowest BCUT2D eigenvalue weighted by atomic mass is 10.0. The van der Waals surface area contributed by atoms with Crippen LogP contribution < -0.4 is 5.32 Å². The van der Waals surface area contributed by atoms with E-state index in [-0.39, 0.29) is 5.91 Å². The van der Waals surface area contributed by atoms with Crippen LogP contribution >= 0.6 is 0 Å². The standard InChI is InChI=1S/C15H22N2O/c1-11-6-4-7-12(2)14(11)15(18)17(3)10-13-8-5-9-16-13/h4,6-7,13,16H,5,8-10H2,1-3H3. The Bertz CT molecular complexity index is 416. The molecule has 1 aromatic rings. The van der Waals surface area contributed by atoms with E-state index in [0.717, 1.165) is 29.8 Å². The van der Waals surface area contributed by atoms with Crippen LogP contribution in [0.3, 0.4) is 0 Å². The Hall–Kier alpha value is -1.35. The fraction of sp³-hybridized carbons (Fsp3) is 0.533. The number of amides is 1. The quantitative estimate of drug-likeness (QED) is 0.886. The molecule has 3 nitrogen and oxygen atoms in total. The number of aryl methyl sites for hydroxylation is 2. The average Bonchev–Trinajstić information content (AvgIpc) is 2.81. The van der Waals surface area contributed by atoms with E-state index >= 15 is 0 Å². The van der Waals surface area contributed by atoms with E-state index in [1.54, 1.807) is 0 Å². The van der Waals surface area contributed by atoms with Gasteiger partial charge in [-0.3, -0.25) is 4.79 Å². The van der Waals surface area contributed by atoms with Crippen LogP contribution in [-0.2, 0) is 0 Å². The Morgan fingerprint density at radius 3 is 2.61 bits per heavy atom. The summed E-state index contributed by atoms with van der Waals surface area (Å²) in [5.41, 5.74) is 2.98. The molecular weight excluding hydrogens is 224 g/mol. The van der Waals surface area contributed by atoms with Gasteiger partial charge in [-0.2, -0.15) is 0 Å². The molecule has 3 heteroatoms. The van der Waals surface area contributed by atoms with Crippen LogP contribution in [0.5, 0.6) is 0 Å². The highest BCUT2D eigenvalue weighted by Crippen LogP contribution is 2.16. The fourth-order valence-corrected chi connectivity index (χ4v) is 2.67. The van der Waals surface area contributed by atoms with Gasteiger partial charge in [0.2, 0.25) is 0 Å². The van der Waals surface area contributed by atoms with E-state index in [0.29, 0.717) is 6.04 Å². The molecule has 1 fully saturated rings. The third-order valence-electron chi connectivity index (χ3n) is 3.70. The van der Waals surface area contributed by atoms with Crippen molar-refractivity contribution in [1.82, 2.24) is 10.2 Å². The minimum atomic E-state index is 0.138. The predicted octanol–water partition coefficient (Wildman–Crippen LogP) is 2.13. The van der Waals surface area contributed by atoms with Gasteiger partial charge in [0.15, 0.2) is 0 Å². The number of carbonyl (C=O) groups is 1. The lowest BCUT2D eigenvalue weighted by Gasteiger charge is -2.23. The SMILES string of the molecule is Cc1cccc(C)c1C(=O)N(C)CC1CCCN1. The third-order valence-corrected chi connectivity index (χ3v) is 3.70. The largest absolute Gasteiger partial charge is 0.340 e. The van der Waals surface area contributed by atoms with Crippen LogP contribution in [0.25, 0.3) is 0 Å². The van der Waals surface area contributed by atoms with Crippen molar-refractivity contribution in [2.75, 3.05) is 20.1 Å². The molecule has 1 heterocycles. The number of hydrogen-bond acceptors (Lipinski definition) is 2. The minimum Gasteiger partial charge on any atom is -0.340 e. The van der Waals surface area contributed by atoms with Crippen molar-refractivity contribution in [1.29, 1.82) is 0 Å². The first-order chi connectivity index (χ1) is 8.59. The van der Waals surface area contributed by atoms with Crippen LogP contribution in [-0.4, -0.2) is 37.0 Å². The summed E-state index contributed by atoms with van der Waals surface area (Å²) in [6.45, 7) is 5.88. The Morgan fingerprint density at radius 1 is 1.39 bits per heavy atom. The van der Waals surface area contributed by atoms with Crippen LogP contribution in [0.15, 0.2) is 18.2 Å². The first kappa shape index (κ1) is 13.1. The molecular formula is C15H22N2O. The molecule has 0 radical (unpaired) electrons. The second kappa shape index (κ2) is 5.53. The van der Waals surface area contributed by atoms with E-state index in [9.17, 15) is 4.79 Å². The maximum absolute atomic E-state index is 12.5. The maximum Gasteiger partial charge on any atom is 0.254 e. The molecule has 1 N–H and O–H groups in total. The summed E-state index contributed by atoms with van der Waals surface area (Å²) >= 11 is 0. The molecule has 18 heavy (non-hydrogen) atoms. The number of nitrogens with zero attached hydrogens (tertiary/aromatic N) is 1. The van der Waals surface area contributed by atoms with Crippen molar-refractivity contribution in [2.24, 2.45) is 0 Å². The molecule has 1 unspecified atom stereocenters. The van der Waals surface area contributed by atoms with Crippen LogP contribution in [0.4, 0.5) is 0 Å². The summed E-state index contributed by atoms with van der Waals surface area (Å²) in [5.74, 6) is 0.138. The maximum atomic E-state index is 12.5. The number of hydrogen-bond donors (Lipinski definition) is 1. The van der Waals surface area contributed by atoms with Crippen LogP contribution in [0.2, 0.25) is 0 Å². The number of benzene rings is 1. The van der Waals surface area contributed by atoms with Gasteiger partial charge in [-0.25, -0.2) is 0 Å². The van der Waals surface area contributed by atoms with E-state index in [1.807, 2.05) is 44.0 Å². The van der Waals surface area contributed by atoms with E-state index < -0.39 is 0 Å². The molecule has 0 saturated carbocycles. The highest BCUT2D eigenvalue weighted by atomic mass is 16.2. The second-order valence-electron chi connectivity index (χ2n) is 5.25. The van der Waals surface area contributed by atoms with Crippen molar-refractivity contribution in [3.8, 4) is 0 Å². The van der Waals surface area contributed by atoms with Gasteiger partial charge in [0.25, 0.3) is 5.91 Å². The number of likely N-dealkylation sites (N-methyl/N-ethyl adjacent to an activating group) is 1. The molecule has 98 valence electrons. The van der Waals surface area contributed by atoms with Gasteiger partial charge in [-0.1, -0.05) is 18.2 Å². The summed E-state index contributed by atoms with van der Waals surface area (Å²) < 4.78 is 0. The molecule has 1 amide bonds. The first-order valence-corrected chi connectivity index (χ1v) is 6.64. The van der Waals surface area contributed by atoms with Gasteiger partial charge in [-0.05, 0) is 44.4 Å². The average molecular weight is 246 g/mol. The van der Waals surface area contributed by atoms with Gasteiger partial charge in [0.1, 0.15) is 0 Å². The van der Waals surface area contributed by atoms with Crippen molar-refractivity contribution in [3.05, 3.63) is 34.9 Å². The lowest BCUT2D eigenvalue weighted by molar-refractivity contribution is 0.0782. The summed E-state index contributed by atoms with van der Waals surface area (Å²) in [7, 11) is 1.90. The monoisotopic (exact) mass is 246 g/mol. The molecule has 1 saturated heterocycles. The molecule has 0 spiro atoms. The summed E-state index contributed by atoms with van der Waals surface area (Å²) in [6, 6.07) is 6.47. The minimum absolute atomic E-state index is 0.138. The first-order valence-electron chi connectivity index (χ1n) is 6.64. The zero-order valence-electron chi connectivity index (χ0n) is 11.5. The Morgan fingerprint density at radius 2 is 2.06 bits per heavy atom. The summed E-state index contributed by atoms with van der Waals surface area (Å²) in [6.07, 6.45) is 2.39. The van der Waals surface area contributed by atoms with Crippen molar-refractivity contribution < 1.29 is 4.79 Å². The summed E-state index contributed by atoms with van der Waals surface area (Å²) in [5, 5.41) is 3.43. The van der Waals surface area contributed by atoms with Crippen molar-refractivity contribution in [3.63, 3.8) is 0 Å². The fourth-order valence-electron chi connectivity index (χ4n) is 2.67. The molecule has 0 aliphatic carbocycles. The van der Waals surface area contributed by atoms with Crippen LogP contribution in [0, 0.1) is 13.8 Å². The van der Waals surface area contributed by atoms with Gasteiger partial charge in [0, 0.05) is 25.2 Å². The zero-order chi connectivity index (χ0) is 13.1. The van der Waals surface area contributed by atoms with Crippen molar-refractivity contribution >= 4 is 5.91 Å². The molecule has 2 rings (SSSR count). The van der Waals surface area contributed by atoms with Gasteiger partial charge >= 0.3 is 0 Å². The second-order valence-corrected chi connectivity index (χ2v) is 5.25. The predicted molar refractivity (Wildman–Crippen MR) is 73.9 cm³/mol. The van der Waals surface area contributed by atoms with Crippen molar-refractivity contribution in [2.45, 2.75) is 32.7 Å². The van der Waals surface area contributed by atoms with Gasteiger partial charge in [-0.15, -0.1) is 0 Å². The van der Waals surface area contributed by atoms with E-state index in [2.05, 4.69) is 5.32 Å². The number of nitrogens with one attached hydrogen (secondary N) is 1. The Labute approximate surface area is 109 Å². The highest BCUT2D eigenvalue weighted by molar-refractivity contribution is 5.96. The topological polar surface area (TPSA) is 32.3 Å². The Balaban J connectivity index is 2.10. The molecule has 0 aromatic heterocycles. The Kier molecular flexibility index (Phi) is 4.02. The van der Waals surface area contributed by atoms with E-state index in [4.69, 9.17) is 0 Å². The normalized spacial score (nSPS) is 18.9. The molecule has 1 aliphatic heterocycles. The zero-order valence-corrected chi connectivity index (χ0v) is 11.5. The molecule has 0 bridgehead atoms. The number of rotatable bonds is 3. The lowest BCUT2D eigenvalue weighted by Crippen LogP contribution is -2.39. The molecule has 1 aliphatic rings. The molecule has 1 atom stereocenters. The van der Waals surface area contributed by atoms with Crippen LogP contribution in [0.1, 0.15) is 34.3 Å². The smallest absolute Gasteiger partial charge is 0.254 e. The highest BCUT2D eigenvalue weighted by Gasteiger charge is 2.21. The van der Waals surface area contributed by atoms with Gasteiger partial charge in [0.05, 0.1) is 0 Å².